The minimum atomic E-state index is 0.199. The van der Waals surface area contributed by atoms with Crippen LogP contribution in [-0.2, 0) is 6.61 Å². The molecule has 0 atom stereocenters. The zero-order valence-electron chi connectivity index (χ0n) is 18.2. The number of aromatic amines is 1. The van der Waals surface area contributed by atoms with Crippen LogP contribution in [0.2, 0.25) is 10.3 Å². The second-order valence-electron chi connectivity index (χ2n) is 6.89. The molecule has 0 saturated heterocycles. The fourth-order valence-electron chi connectivity index (χ4n) is 3.51. The van der Waals surface area contributed by atoms with Crippen LogP contribution >= 0.6 is 23.2 Å². The number of ether oxygens (including phenoxy) is 1. The van der Waals surface area contributed by atoms with Gasteiger partial charge in [-0.05, 0) is 54.1 Å². The zero-order chi connectivity index (χ0) is 23.2. The summed E-state index contributed by atoms with van der Waals surface area (Å²) in [6, 6.07) is 21.3. The van der Waals surface area contributed by atoms with Crippen LogP contribution in [0.4, 0.5) is 0 Å². The SMILES string of the molecule is Clc1nccc(-c2c(-c3ccc(OCc4ccccn4)c(Cl)c3)[nH]c3ccccc23)n1.[2H][2H]. The van der Waals surface area contributed by atoms with Gasteiger partial charge in [0.2, 0.25) is 5.28 Å². The highest BCUT2D eigenvalue weighted by Gasteiger charge is 2.17. The molecule has 3 heterocycles. The number of hydrogen-bond acceptors (Lipinski definition) is 4. The molecule has 154 valence electrons. The van der Waals surface area contributed by atoms with Gasteiger partial charge in [0, 0.05) is 37.4 Å². The van der Waals surface area contributed by atoms with Gasteiger partial charge in [0.1, 0.15) is 12.4 Å². The molecular formula is C24H18Cl2N4O. The standard InChI is InChI=1S/C24H16Cl2N4O.H2/c25-18-13-15(8-9-21(18)31-14-16-5-3-4-11-27-16)23-22(20-10-12-28-24(26)30-20)17-6-1-2-7-19(17)29-23;/h1-13,29H,14H2;1H/i;1+1D. The van der Waals surface area contributed by atoms with Gasteiger partial charge in [-0.15, -0.1) is 0 Å². The second kappa shape index (κ2) is 8.38. The monoisotopic (exact) mass is 450 g/mol. The third-order valence-electron chi connectivity index (χ3n) is 4.91. The molecular weight excluding hydrogens is 431 g/mol. The minimum Gasteiger partial charge on any atom is -0.486 e. The number of hydrogen-bond donors (Lipinski definition) is 1. The van der Waals surface area contributed by atoms with Crippen LogP contribution in [-0.4, -0.2) is 19.9 Å². The molecule has 5 nitrogen and oxygen atoms in total. The Morgan fingerprint density at radius 3 is 2.61 bits per heavy atom. The van der Waals surface area contributed by atoms with Gasteiger partial charge in [0.05, 0.1) is 22.1 Å². The molecule has 31 heavy (non-hydrogen) atoms. The van der Waals surface area contributed by atoms with Crippen molar-refractivity contribution in [3.05, 3.63) is 95.1 Å². The Morgan fingerprint density at radius 1 is 0.935 bits per heavy atom. The summed E-state index contributed by atoms with van der Waals surface area (Å²) in [5.74, 6) is 0.596. The van der Waals surface area contributed by atoms with E-state index in [1.165, 1.54) is 0 Å². The molecule has 0 aliphatic carbocycles. The normalized spacial score (nSPS) is 11.3. The van der Waals surface area contributed by atoms with E-state index in [4.69, 9.17) is 30.9 Å². The van der Waals surface area contributed by atoms with Crippen molar-refractivity contribution in [2.45, 2.75) is 6.61 Å². The van der Waals surface area contributed by atoms with Crippen molar-refractivity contribution in [2.75, 3.05) is 0 Å². The van der Waals surface area contributed by atoms with Gasteiger partial charge >= 0.3 is 0 Å². The number of nitrogens with one attached hydrogen (secondary N) is 1. The molecule has 3 aromatic heterocycles. The number of halogens is 2. The molecule has 5 aromatic rings. The molecule has 7 heteroatoms. The summed E-state index contributed by atoms with van der Waals surface area (Å²) >= 11 is 12.6. The molecule has 0 unspecified atom stereocenters. The third-order valence-corrected chi connectivity index (χ3v) is 5.39. The number of pyridine rings is 1. The van der Waals surface area contributed by atoms with Gasteiger partial charge in [-0.1, -0.05) is 35.9 Å². The highest BCUT2D eigenvalue weighted by Crippen LogP contribution is 2.39. The van der Waals surface area contributed by atoms with Crippen molar-refractivity contribution in [3.8, 4) is 28.3 Å². The Labute approximate surface area is 191 Å². The van der Waals surface area contributed by atoms with Crippen molar-refractivity contribution in [1.82, 2.24) is 19.9 Å². The number of nitrogens with zero attached hydrogens (tertiary/aromatic N) is 3. The van der Waals surface area contributed by atoms with Crippen molar-refractivity contribution >= 4 is 34.1 Å². The Hall–Kier alpha value is -3.41. The van der Waals surface area contributed by atoms with Crippen molar-refractivity contribution in [1.29, 1.82) is 0 Å². The second-order valence-corrected chi connectivity index (χ2v) is 7.63. The van der Waals surface area contributed by atoms with E-state index in [9.17, 15) is 0 Å². The highest BCUT2D eigenvalue weighted by molar-refractivity contribution is 6.32. The van der Waals surface area contributed by atoms with Gasteiger partial charge in [-0.25, -0.2) is 9.97 Å². The summed E-state index contributed by atoms with van der Waals surface area (Å²) in [4.78, 5) is 16.2. The van der Waals surface area contributed by atoms with E-state index in [1.807, 2.05) is 66.7 Å². The fourth-order valence-corrected chi connectivity index (χ4v) is 3.89. The average molecular weight is 451 g/mol. The smallest absolute Gasteiger partial charge is 0.222 e. The lowest BCUT2D eigenvalue weighted by Gasteiger charge is -2.10. The lowest BCUT2D eigenvalue weighted by atomic mass is 10.0. The predicted octanol–water partition coefficient (Wildman–Crippen LogP) is 6.82. The molecule has 0 spiro atoms. The first-order valence-corrected chi connectivity index (χ1v) is 10.4. The fraction of sp³-hybridized carbons (Fsp3) is 0.0417. The Bertz CT molecular complexity index is 1380. The Balaban J connectivity index is 0.00000126. The van der Waals surface area contributed by atoms with Crippen LogP contribution in [0.5, 0.6) is 5.75 Å². The number of rotatable bonds is 5. The number of benzene rings is 2. The first kappa shape index (κ1) is 18.4. The van der Waals surface area contributed by atoms with Gasteiger partial charge < -0.3 is 9.72 Å². The summed E-state index contributed by atoms with van der Waals surface area (Å²) in [5, 5.41) is 1.75. The predicted molar refractivity (Wildman–Crippen MR) is 125 cm³/mol. The van der Waals surface area contributed by atoms with Gasteiger partial charge in [0.25, 0.3) is 0 Å². The van der Waals surface area contributed by atoms with Gasteiger partial charge in [0.15, 0.2) is 0 Å². The molecule has 2 aromatic carbocycles. The van der Waals surface area contributed by atoms with Gasteiger partial charge in [-0.2, -0.15) is 0 Å². The number of para-hydroxylation sites is 1. The van der Waals surface area contributed by atoms with E-state index in [0.29, 0.717) is 17.4 Å². The molecule has 0 aliphatic rings. The van der Waals surface area contributed by atoms with Crippen LogP contribution in [0.3, 0.4) is 0 Å². The van der Waals surface area contributed by atoms with Crippen LogP contribution in [0.15, 0.2) is 79.1 Å². The van der Waals surface area contributed by atoms with E-state index in [0.717, 1.165) is 39.1 Å². The first-order chi connectivity index (χ1) is 16.2. The van der Waals surface area contributed by atoms with Crippen LogP contribution in [0.1, 0.15) is 8.66 Å². The lowest BCUT2D eigenvalue weighted by Crippen LogP contribution is -1.98. The van der Waals surface area contributed by atoms with Crippen molar-refractivity contribution in [3.63, 3.8) is 0 Å². The summed E-state index contributed by atoms with van der Waals surface area (Å²) in [6.07, 6.45) is 3.39. The number of fused-ring (bicyclic) bond motifs is 1. The zero-order valence-corrected chi connectivity index (χ0v) is 17.7. The Morgan fingerprint density at radius 2 is 1.81 bits per heavy atom. The maximum absolute atomic E-state index is 6.56. The molecule has 0 radical (unpaired) electrons. The van der Waals surface area contributed by atoms with E-state index in [2.05, 4.69) is 19.9 Å². The van der Waals surface area contributed by atoms with Crippen molar-refractivity contribution in [2.24, 2.45) is 0 Å². The molecule has 0 amide bonds. The maximum atomic E-state index is 6.56. The van der Waals surface area contributed by atoms with E-state index in [-0.39, 0.29) is 5.28 Å². The number of H-pyrrole nitrogens is 1. The summed E-state index contributed by atoms with van der Waals surface area (Å²) in [5.41, 5.74) is 5.32. The average Bonchev–Trinajstić information content (AvgIpc) is 3.25. The highest BCUT2D eigenvalue weighted by atomic mass is 35.5. The first-order valence-electron chi connectivity index (χ1n) is 10.6. The summed E-state index contributed by atoms with van der Waals surface area (Å²) < 4.78 is 15.9. The molecule has 5 rings (SSSR count). The largest absolute Gasteiger partial charge is 0.486 e. The van der Waals surface area contributed by atoms with E-state index >= 15 is 0 Å². The number of aromatic nitrogens is 4. The molecule has 0 bridgehead atoms. The van der Waals surface area contributed by atoms with Crippen LogP contribution < -0.4 is 4.74 Å². The molecule has 0 saturated carbocycles. The summed E-state index contributed by atoms with van der Waals surface area (Å²) in [7, 11) is 0. The lowest BCUT2D eigenvalue weighted by molar-refractivity contribution is 0.301. The van der Waals surface area contributed by atoms with E-state index < -0.39 is 0 Å². The maximum Gasteiger partial charge on any atom is 0.222 e. The van der Waals surface area contributed by atoms with Gasteiger partial charge in [-0.3, -0.25) is 4.98 Å². The van der Waals surface area contributed by atoms with Crippen LogP contribution in [0, 0.1) is 0 Å². The molecule has 1 N–H and O–H groups in total. The van der Waals surface area contributed by atoms with Crippen LogP contribution in [0.25, 0.3) is 33.4 Å². The third kappa shape index (κ3) is 3.98. The quantitative estimate of drug-likeness (QED) is 0.298. The van der Waals surface area contributed by atoms with E-state index in [1.54, 1.807) is 12.4 Å². The van der Waals surface area contributed by atoms with Crippen molar-refractivity contribution < 1.29 is 7.71 Å². The topological polar surface area (TPSA) is 63.7 Å². The summed E-state index contributed by atoms with van der Waals surface area (Å²) in [6.45, 7) is 0.344. The molecule has 0 aliphatic heterocycles. The Kier molecular flexibility index (Phi) is 4.96. The molecule has 0 fully saturated rings. The minimum absolute atomic E-state index is 0.199.